The Morgan fingerprint density at radius 3 is 2.52 bits per heavy atom. The molecule has 262 valence electrons. The molecule has 3 heterocycles. The highest BCUT2D eigenvalue weighted by Gasteiger charge is 2.74. The highest BCUT2D eigenvalue weighted by Crippen LogP contribution is 2.59. The summed E-state index contributed by atoms with van der Waals surface area (Å²) in [6.45, 7) is 8.46. The van der Waals surface area contributed by atoms with Gasteiger partial charge in [-0.1, -0.05) is 74.6 Å². The first-order valence-corrected chi connectivity index (χ1v) is 18.0. The number of benzene rings is 1. The van der Waals surface area contributed by atoms with E-state index < -0.39 is 35.6 Å². The molecule has 48 heavy (non-hydrogen) atoms. The maximum atomic E-state index is 14.7. The van der Waals surface area contributed by atoms with Crippen molar-refractivity contribution in [2.75, 3.05) is 26.3 Å². The molecule has 10 nitrogen and oxygen atoms in total. The predicted molar refractivity (Wildman–Crippen MR) is 181 cm³/mol. The average molecular weight is 664 g/mol. The smallest absolute Gasteiger partial charge is 0.306 e. The lowest BCUT2D eigenvalue weighted by Crippen LogP contribution is -2.58. The van der Waals surface area contributed by atoms with Crippen molar-refractivity contribution in [3.05, 3.63) is 61.2 Å². The van der Waals surface area contributed by atoms with Gasteiger partial charge < -0.3 is 29.7 Å². The van der Waals surface area contributed by atoms with Crippen LogP contribution in [0.3, 0.4) is 0 Å². The molecule has 0 unspecified atom stereocenters. The molecule has 1 aromatic rings. The molecule has 4 aliphatic rings. The van der Waals surface area contributed by atoms with Crippen LogP contribution < -0.4 is 5.32 Å². The number of likely N-dealkylation sites (tertiary alicyclic amines) is 1. The fourth-order valence-corrected chi connectivity index (χ4v) is 8.47. The molecule has 6 atom stereocenters. The van der Waals surface area contributed by atoms with Gasteiger partial charge in [-0.15, -0.1) is 13.2 Å². The standard InChI is InChI=1S/C38H53N3O7/c1-3-5-20-31(43)47-26-29(27-16-10-8-11-17-27)39-35(44)32-30-21-22-38(48-30)33(32)36(45)41(24-14-6-7-15-25-42)34(38)37(46)40(23-4-2)28-18-12-9-13-19-28/h3-4,8,10-11,16-17,28-30,32-34,42H,1-2,5-7,9,12-15,18-26H2,(H,39,44)/t29-,30+,32-,33-,34+,38-/m0/s1. The lowest BCUT2D eigenvalue weighted by Gasteiger charge is -2.40. The number of rotatable bonds is 18. The summed E-state index contributed by atoms with van der Waals surface area (Å²) in [4.78, 5) is 59.5. The Bertz CT molecular complexity index is 1300. The number of ether oxygens (including phenoxy) is 2. The van der Waals surface area contributed by atoms with E-state index in [1.807, 2.05) is 35.2 Å². The minimum absolute atomic E-state index is 0.0489. The summed E-state index contributed by atoms with van der Waals surface area (Å²) >= 11 is 0. The number of nitrogens with zero attached hydrogens (tertiary/aromatic N) is 2. The van der Waals surface area contributed by atoms with Gasteiger partial charge in [0, 0.05) is 32.2 Å². The van der Waals surface area contributed by atoms with Crippen molar-refractivity contribution in [1.82, 2.24) is 15.1 Å². The first kappa shape index (κ1) is 35.8. The van der Waals surface area contributed by atoms with Gasteiger partial charge in [0.1, 0.15) is 18.2 Å². The van der Waals surface area contributed by atoms with Crippen LogP contribution in [0.1, 0.15) is 95.1 Å². The van der Waals surface area contributed by atoms with Crippen molar-refractivity contribution in [1.29, 1.82) is 0 Å². The second kappa shape index (κ2) is 16.7. The number of nitrogens with one attached hydrogen (secondary N) is 1. The third-order valence-electron chi connectivity index (χ3n) is 10.8. The van der Waals surface area contributed by atoms with Gasteiger partial charge in [0.2, 0.25) is 17.7 Å². The number of carbonyl (C=O) groups excluding carboxylic acids is 4. The molecular formula is C38H53N3O7. The van der Waals surface area contributed by atoms with Gasteiger partial charge in [-0.2, -0.15) is 0 Å². The third kappa shape index (κ3) is 7.54. The summed E-state index contributed by atoms with van der Waals surface area (Å²) < 4.78 is 12.3. The number of aliphatic hydroxyl groups excluding tert-OH is 1. The molecule has 0 radical (unpaired) electrons. The van der Waals surface area contributed by atoms with Crippen LogP contribution in [0, 0.1) is 11.8 Å². The topological polar surface area (TPSA) is 125 Å². The van der Waals surface area contributed by atoms with E-state index in [4.69, 9.17) is 9.47 Å². The summed E-state index contributed by atoms with van der Waals surface area (Å²) in [5, 5.41) is 12.4. The summed E-state index contributed by atoms with van der Waals surface area (Å²) in [5.41, 5.74) is -0.302. The van der Waals surface area contributed by atoms with Crippen molar-refractivity contribution in [3.63, 3.8) is 0 Å². The minimum atomic E-state index is -1.08. The van der Waals surface area contributed by atoms with Crippen molar-refractivity contribution in [3.8, 4) is 0 Å². The van der Waals surface area contributed by atoms with Crippen molar-refractivity contribution >= 4 is 23.7 Å². The molecule has 1 saturated carbocycles. The number of hydrogen-bond donors (Lipinski definition) is 2. The van der Waals surface area contributed by atoms with E-state index in [2.05, 4.69) is 18.5 Å². The zero-order valence-electron chi connectivity index (χ0n) is 28.2. The van der Waals surface area contributed by atoms with Crippen molar-refractivity contribution in [2.24, 2.45) is 11.8 Å². The Morgan fingerprint density at radius 1 is 1.06 bits per heavy atom. The molecule has 1 spiro atoms. The zero-order valence-corrected chi connectivity index (χ0v) is 28.2. The van der Waals surface area contributed by atoms with E-state index in [1.54, 1.807) is 17.1 Å². The largest absolute Gasteiger partial charge is 0.463 e. The second-order valence-electron chi connectivity index (χ2n) is 13.8. The van der Waals surface area contributed by atoms with E-state index in [0.717, 1.165) is 50.5 Å². The maximum absolute atomic E-state index is 14.7. The number of aliphatic hydroxyl groups is 1. The van der Waals surface area contributed by atoms with Gasteiger partial charge in [0.15, 0.2) is 0 Å². The van der Waals surface area contributed by atoms with Gasteiger partial charge in [0.05, 0.1) is 24.0 Å². The van der Waals surface area contributed by atoms with E-state index in [1.165, 1.54) is 0 Å². The molecule has 2 bridgehead atoms. The highest BCUT2D eigenvalue weighted by atomic mass is 16.5. The number of carbonyl (C=O) groups is 4. The molecule has 4 fully saturated rings. The van der Waals surface area contributed by atoms with Gasteiger partial charge in [-0.3, -0.25) is 19.2 Å². The normalized spacial score (nSPS) is 26.9. The number of amides is 3. The fourth-order valence-electron chi connectivity index (χ4n) is 8.47. The van der Waals surface area contributed by atoms with Gasteiger partial charge in [0.25, 0.3) is 0 Å². The van der Waals surface area contributed by atoms with Gasteiger partial charge in [-0.05, 0) is 50.5 Å². The van der Waals surface area contributed by atoms with E-state index >= 15 is 0 Å². The molecule has 3 amide bonds. The highest BCUT2D eigenvalue weighted by molar-refractivity contribution is 5.99. The summed E-state index contributed by atoms with van der Waals surface area (Å²) in [5.74, 6) is -2.58. The predicted octanol–water partition coefficient (Wildman–Crippen LogP) is 4.63. The number of esters is 1. The molecule has 1 aromatic carbocycles. The summed E-state index contributed by atoms with van der Waals surface area (Å²) in [7, 11) is 0. The van der Waals surface area contributed by atoms with E-state index in [-0.39, 0.29) is 49.4 Å². The SMILES string of the molecule is C=CCCC(=O)OC[C@H](NC(=O)[C@@H]1[C@H]2C(=O)N(CCCCCCO)[C@H](C(=O)N(CC=C)C3CCCCC3)[C@]23CC[C@H]1O3)c1ccccc1. The Kier molecular flexibility index (Phi) is 12.5. The molecule has 1 aliphatic carbocycles. The average Bonchev–Trinajstić information content (AvgIpc) is 3.75. The van der Waals surface area contributed by atoms with E-state index in [9.17, 15) is 24.3 Å². The zero-order chi connectivity index (χ0) is 34.1. The number of fused-ring (bicyclic) bond motifs is 1. The lowest BCUT2D eigenvalue weighted by molar-refractivity contribution is -0.150. The van der Waals surface area contributed by atoms with Crippen LogP contribution in [0.5, 0.6) is 0 Å². The molecule has 2 N–H and O–H groups in total. The summed E-state index contributed by atoms with van der Waals surface area (Å²) in [6.07, 6.45) is 12.9. The number of hydrogen-bond acceptors (Lipinski definition) is 7. The quantitative estimate of drug-likeness (QED) is 0.133. The van der Waals surface area contributed by atoms with Crippen LogP contribution in [-0.4, -0.2) is 88.7 Å². The number of allylic oxidation sites excluding steroid dienone is 1. The van der Waals surface area contributed by atoms with Gasteiger partial charge >= 0.3 is 5.97 Å². The van der Waals surface area contributed by atoms with Crippen LogP contribution in [0.25, 0.3) is 0 Å². The molecule has 10 heteroatoms. The van der Waals surface area contributed by atoms with Crippen LogP contribution in [0.4, 0.5) is 0 Å². The third-order valence-corrected chi connectivity index (χ3v) is 10.8. The Hall–Kier alpha value is -3.50. The van der Waals surface area contributed by atoms with Crippen LogP contribution in [0.15, 0.2) is 55.6 Å². The van der Waals surface area contributed by atoms with Crippen LogP contribution in [-0.2, 0) is 28.7 Å². The summed E-state index contributed by atoms with van der Waals surface area (Å²) in [6, 6.07) is 7.99. The Morgan fingerprint density at radius 2 is 1.81 bits per heavy atom. The van der Waals surface area contributed by atoms with E-state index in [0.29, 0.717) is 45.2 Å². The van der Waals surface area contributed by atoms with Crippen LogP contribution in [0.2, 0.25) is 0 Å². The van der Waals surface area contributed by atoms with Gasteiger partial charge in [-0.25, -0.2) is 0 Å². The first-order chi connectivity index (χ1) is 23.4. The Balaban J connectivity index is 1.41. The first-order valence-electron chi connectivity index (χ1n) is 18.0. The maximum Gasteiger partial charge on any atom is 0.306 e. The molecule has 3 saturated heterocycles. The molecule has 3 aliphatic heterocycles. The molecule has 5 rings (SSSR count). The molecule has 0 aromatic heterocycles. The monoisotopic (exact) mass is 663 g/mol. The second-order valence-corrected chi connectivity index (χ2v) is 13.8. The Labute approximate surface area is 284 Å². The van der Waals surface area contributed by atoms with Crippen LogP contribution >= 0.6 is 0 Å². The lowest BCUT2D eigenvalue weighted by atomic mass is 9.70. The van der Waals surface area contributed by atoms with Crippen molar-refractivity contribution < 1.29 is 33.8 Å². The minimum Gasteiger partial charge on any atom is -0.463 e. The fraction of sp³-hybridized carbons (Fsp3) is 0.632. The number of unbranched alkanes of at least 4 members (excludes halogenated alkanes) is 3. The molecular weight excluding hydrogens is 610 g/mol. The van der Waals surface area contributed by atoms with Crippen molar-refractivity contribution in [2.45, 2.75) is 113 Å².